The van der Waals surface area contributed by atoms with Crippen molar-refractivity contribution in [3.8, 4) is 5.75 Å². The smallest absolute Gasteiger partial charge is 0.392 e. The zero-order valence-corrected chi connectivity index (χ0v) is 21.0. The number of carbonyl (C=O) groups is 1. The zero-order valence-electron chi connectivity index (χ0n) is 21.0. The summed E-state index contributed by atoms with van der Waals surface area (Å²) in [7, 11) is 0. The zero-order chi connectivity index (χ0) is 26.1. The second kappa shape index (κ2) is 12.7. The van der Waals surface area contributed by atoms with Crippen molar-refractivity contribution in [3.05, 3.63) is 65.4 Å². The molecule has 0 radical (unpaired) electrons. The Morgan fingerprint density at radius 1 is 1.06 bits per heavy atom. The monoisotopic (exact) mass is 501 g/mol. The maximum atomic E-state index is 12.7. The molecule has 8 heteroatoms. The highest BCUT2D eigenvalue weighted by molar-refractivity contribution is 6.06. The lowest BCUT2D eigenvalue weighted by Gasteiger charge is -2.17. The van der Waals surface area contributed by atoms with Crippen LogP contribution in [0.1, 0.15) is 67.4 Å². The summed E-state index contributed by atoms with van der Waals surface area (Å²) < 4.78 is 41.9. The number of nitrogens with one attached hydrogen (secondary N) is 2. The van der Waals surface area contributed by atoms with Crippen LogP contribution in [-0.2, 0) is 6.54 Å². The number of hydrogen-bond donors (Lipinski definition) is 2. The molecule has 0 bridgehead atoms. The molecule has 0 aliphatic carbocycles. The number of pyridine rings is 1. The van der Waals surface area contributed by atoms with Gasteiger partial charge in [-0.15, -0.1) is 0 Å². The minimum absolute atomic E-state index is 0.280. The lowest BCUT2D eigenvalue weighted by Crippen LogP contribution is -2.28. The van der Waals surface area contributed by atoms with E-state index in [0.29, 0.717) is 17.3 Å². The van der Waals surface area contributed by atoms with Crippen LogP contribution in [0.4, 0.5) is 18.9 Å². The van der Waals surface area contributed by atoms with E-state index in [1.165, 1.54) is 24.3 Å². The van der Waals surface area contributed by atoms with Gasteiger partial charge < -0.3 is 15.4 Å². The number of carbonyl (C=O) groups excluding carboxylic acids is 1. The Kier molecular flexibility index (Phi) is 9.70. The molecule has 2 N–H and O–H groups in total. The normalized spacial score (nSPS) is 11.8. The van der Waals surface area contributed by atoms with E-state index in [2.05, 4.69) is 35.5 Å². The summed E-state index contributed by atoms with van der Waals surface area (Å²) in [5.41, 5.74) is 3.84. The van der Waals surface area contributed by atoms with Crippen molar-refractivity contribution >= 4 is 22.5 Å². The number of rotatable bonds is 12. The Morgan fingerprint density at radius 2 is 1.75 bits per heavy atom. The summed E-state index contributed by atoms with van der Waals surface area (Å²) in [5.74, 6) is -0.0408. The molecule has 0 unspecified atom stereocenters. The number of aryl methyl sites for hydroxylation is 1. The number of aromatic nitrogens is 1. The average molecular weight is 502 g/mol. The third-order valence-electron chi connectivity index (χ3n) is 6.05. The molecule has 0 saturated heterocycles. The second-order valence-corrected chi connectivity index (χ2v) is 9.00. The van der Waals surface area contributed by atoms with Crippen LogP contribution in [0, 0.1) is 6.92 Å². The number of fused-ring (bicyclic) bond motifs is 1. The fraction of sp³-hybridized carbons (Fsp3) is 0.429. The van der Waals surface area contributed by atoms with Crippen LogP contribution < -0.4 is 15.4 Å². The number of benzene rings is 2. The van der Waals surface area contributed by atoms with Crippen molar-refractivity contribution in [2.75, 3.05) is 11.9 Å². The van der Waals surface area contributed by atoms with Crippen LogP contribution in [0.25, 0.3) is 10.9 Å². The lowest BCUT2D eigenvalue weighted by molar-refractivity contribution is -0.139. The van der Waals surface area contributed by atoms with Gasteiger partial charge in [0.05, 0.1) is 18.5 Å². The predicted octanol–water partition coefficient (Wildman–Crippen LogP) is 7.19. The molecule has 0 spiro atoms. The van der Waals surface area contributed by atoms with E-state index in [4.69, 9.17) is 4.74 Å². The predicted molar refractivity (Wildman–Crippen MR) is 137 cm³/mol. The van der Waals surface area contributed by atoms with E-state index >= 15 is 0 Å². The molecule has 3 rings (SSSR count). The number of anilines is 1. The first kappa shape index (κ1) is 27.5. The molecule has 2 aromatic carbocycles. The first-order chi connectivity index (χ1) is 17.2. The van der Waals surface area contributed by atoms with Crippen LogP contribution in [0.5, 0.6) is 5.75 Å². The summed E-state index contributed by atoms with van der Waals surface area (Å²) in [5, 5.41) is 7.55. The van der Waals surface area contributed by atoms with Gasteiger partial charge in [0.15, 0.2) is 0 Å². The Morgan fingerprint density at radius 3 is 2.39 bits per heavy atom. The van der Waals surface area contributed by atoms with Crippen LogP contribution >= 0.6 is 0 Å². The highest BCUT2D eigenvalue weighted by Gasteiger charge is 2.26. The second-order valence-electron chi connectivity index (χ2n) is 9.00. The van der Waals surface area contributed by atoms with E-state index in [9.17, 15) is 18.0 Å². The van der Waals surface area contributed by atoms with E-state index in [0.717, 1.165) is 54.3 Å². The third kappa shape index (κ3) is 7.95. The maximum Gasteiger partial charge on any atom is 0.392 e. The number of halogens is 3. The molecule has 5 nitrogen and oxygen atoms in total. The summed E-state index contributed by atoms with van der Waals surface area (Å²) in [4.78, 5) is 17.4. The summed E-state index contributed by atoms with van der Waals surface area (Å²) in [6.45, 7) is 6.62. The number of amides is 1. The van der Waals surface area contributed by atoms with Crippen LogP contribution in [0.2, 0.25) is 0 Å². The molecule has 36 heavy (non-hydrogen) atoms. The van der Waals surface area contributed by atoms with Gasteiger partial charge in [0.2, 0.25) is 0 Å². The molecule has 0 saturated carbocycles. The fourth-order valence-corrected chi connectivity index (χ4v) is 4.11. The largest absolute Gasteiger partial charge is 0.493 e. The highest BCUT2D eigenvalue weighted by Crippen LogP contribution is 2.26. The Balaban J connectivity index is 1.64. The Bertz CT molecular complexity index is 1140. The minimum Gasteiger partial charge on any atom is -0.493 e. The van der Waals surface area contributed by atoms with Gasteiger partial charge in [-0.2, -0.15) is 13.2 Å². The molecule has 1 aromatic heterocycles. The summed E-state index contributed by atoms with van der Waals surface area (Å²) in [6.07, 6.45) is 1.20. The number of hydrogen-bond acceptors (Lipinski definition) is 4. The van der Waals surface area contributed by atoms with Crippen LogP contribution in [0.15, 0.2) is 48.7 Å². The van der Waals surface area contributed by atoms with E-state index in [1.54, 1.807) is 0 Å². The molecule has 3 aromatic rings. The van der Waals surface area contributed by atoms with Gasteiger partial charge in [-0.3, -0.25) is 9.78 Å². The van der Waals surface area contributed by atoms with Gasteiger partial charge in [-0.25, -0.2) is 0 Å². The maximum absolute atomic E-state index is 12.7. The topological polar surface area (TPSA) is 63.2 Å². The molecule has 0 atom stereocenters. The van der Waals surface area contributed by atoms with Crippen LogP contribution in [0.3, 0.4) is 0 Å². The molecule has 0 aliphatic rings. The third-order valence-corrected chi connectivity index (χ3v) is 6.05. The molecule has 1 amide bonds. The molecular formula is C28H34F3N3O2. The first-order valence-corrected chi connectivity index (χ1v) is 12.4. The van der Waals surface area contributed by atoms with Gasteiger partial charge in [0.25, 0.3) is 5.91 Å². The first-order valence-electron chi connectivity index (χ1n) is 12.4. The van der Waals surface area contributed by atoms with Crippen molar-refractivity contribution < 1.29 is 22.7 Å². The minimum atomic E-state index is -4.27. The Hall–Kier alpha value is -3.13. The van der Waals surface area contributed by atoms with Crippen molar-refractivity contribution in [2.45, 2.75) is 71.6 Å². The lowest BCUT2D eigenvalue weighted by atomic mass is 10.0. The average Bonchev–Trinajstić information content (AvgIpc) is 2.84. The Labute approximate surface area is 210 Å². The van der Waals surface area contributed by atoms with Gasteiger partial charge in [0.1, 0.15) is 5.75 Å². The molecule has 0 fully saturated rings. The van der Waals surface area contributed by atoms with Gasteiger partial charge >= 0.3 is 6.18 Å². The molecule has 0 aliphatic heterocycles. The van der Waals surface area contributed by atoms with Crippen molar-refractivity contribution in [1.29, 1.82) is 0 Å². The fourth-order valence-electron chi connectivity index (χ4n) is 4.11. The van der Waals surface area contributed by atoms with Crippen molar-refractivity contribution in [1.82, 2.24) is 10.3 Å². The number of nitrogens with zero attached hydrogens (tertiary/aromatic N) is 1. The van der Waals surface area contributed by atoms with Gasteiger partial charge in [-0.05, 0) is 67.3 Å². The standard InChI is InChI=1S/C28H34F3N3O2/c1-4-6-23(7-5-2)32-17-20-16-22-10-13-25(19(3)26(22)33-18-20)34-27(35)21-8-11-24(12-9-21)36-15-14-28(29,30)31/h8-13,16,18,23,32H,4-7,14-15,17H2,1-3H3,(H,34,35). The summed E-state index contributed by atoms with van der Waals surface area (Å²) in [6, 6.07) is 12.5. The van der Waals surface area contributed by atoms with Crippen molar-refractivity contribution in [2.24, 2.45) is 0 Å². The van der Waals surface area contributed by atoms with E-state index in [-0.39, 0.29) is 11.7 Å². The number of alkyl halides is 3. The van der Waals surface area contributed by atoms with Crippen LogP contribution in [-0.4, -0.2) is 29.7 Å². The molecule has 194 valence electrons. The van der Waals surface area contributed by atoms with Crippen molar-refractivity contribution in [3.63, 3.8) is 0 Å². The quantitative estimate of drug-likeness (QED) is 0.276. The summed E-state index contributed by atoms with van der Waals surface area (Å²) >= 11 is 0. The van der Waals surface area contributed by atoms with Gasteiger partial charge in [-0.1, -0.05) is 32.8 Å². The van der Waals surface area contributed by atoms with E-state index < -0.39 is 19.2 Å². The SMILES string of the molecule is CCCC(CCC)NCc1cnc2c(C)c(NC(=O)c3ccc(OCCC(F)(F)F)cc3)ccc2c1. The number of ether oxygens (including phenoxy) is 1. The molecule has 1 heterocycles. The highest BCUT2D eigenvalue weighted by atomic mass is 19.4. The van der Waals surface area contributed by atoms with Gasteiger partial charge in [0, 0.05) is 35.4 Å². The molecular weight excluding hydrogens is 467 g/mol. The van der Waals surface area contributed by atoms with E-state index in [1.807, 2.05) is 25.3 Å².